The van der Waals surface area contributed by atoms with E-state index in [1.165, 1.54) is 18.4 Å². The summed E-state index contributed by atoms with van der Waals surface area (Å²) in [6, 6.07) is 12.3. The minimum atomic E-state index is 1.02. The molecule has 0 saturated heterocycles. The van der Waals surface area contributed by atoms with E-state index in [4.69, 9.17) is 0 Å². The van der Waals surface area contributed by atoms with Crippen LogP contribution in [0.15, 0.2) is 42.6 Å². The van der Waals surface area contributed by atoms with Crippen molar-refractivity contribution in [2.24, 2.45) is 0 Å². The van der Waals surface area contributed by atoms with Gasteiger partial charge in [-0.3, -0.25) is 0 Å². The van der Waals surface area contributed by atoms with Gasteiger partial charge in [-0.15, -0.1) is 0 Å². The Labute approximate surface area is 96.4 Å². The van der Waals surface area contributed by atoms with Gasteiger partial charge >= 0.3 is 0 Å². The van der Waals surface area contributed by atoms with E-state index >= 15 is 0 Å². The number of hydrogen-bond acceptors (Lipinski definition) is 2. The molecule has 82 valence electrons. The maximum atomic E-state index is 4.25. The van der Waals surface area contributed by atoms with Gasteiger partial charge in [-0.1, -0.05) is 43.7 Å². The minimum absolute atomic E-state index is 1.02. The van der Waals surface area contributed by atoms with Gasteiger partial charge in [0.25, 0.3) is 0 Å². The van der Waals surface area contributed by atoms with Crippen LogP contribution in [0.3, 0.4) is 0 Å². The third-order valence-corrected chi connectivity index (χ3v) is 2.65. The van der Waals surface area contributed by atoms with Gasteiger partial charge < -0.3 is 0 Å². The summed E-state index contributed by atoms with van der Waals surface area (Å²) < 4.78 is 0. The molecule has 0 unspecified atom stereocenters. The molecule has 0 N–H and O–H groups in total. The predicted molar refractivity (Wildman–Crippen MR) is 66.1 cm³/mol. The highest BCUT2D eigenvalue weighted by molar-refractivity contribution is 5.62. The summed E-state index contributed by atoms with van der Waals surface area (Å²) in [5, 5.41) is 8.23. The Morgan fingerprint density at radius 1 is 1.06 bits per heavy atom. The fourth-order valence-electron chi connectivity index (χ4n) is 1.77. The smallest absolute Gasteiger partial charge is 0.0961 e. The fourth-order valence-corrected chi connectivity index (χ4v) is 1.77. The van der Waals surface area contributed by atoms with Crippen molar-refractivity contribution < 1.29 is 0 Å². The van der Waals surface area contributed by atoms with Crippen molar-refractivity contribution >= 4 is 0 Å². The van der Waals surface area contributed by atoms with Crippen LogP contribution in [0.1, 0.15) is 25.3 Å². The predicted octanol–water partition coefficient (Wildman–Crippen LogP) is 3.49. The zero-order valence-corrected chi connectivity index (χ0v) is 9.56. The van der Waals surface area contributed by atoms with Crippen molar-refractivity contribution in [3.8, 4) is 11.3 Å². The fraction of sp³-hybridized carbons (Fsp3) is 0.286. The molecule has 0 radical (unpaired) electrons. The number of nitrogens with zero attached hydrogens (tertiary/aromatic N) is 2. The number of aryl methyl sites for hydroxylation is 1. The van der Waals surface area contributed by atoms with Crippen molar-refractivity contribution in [2.75, 3.05) is 0 Å². The van der Waals surface area contributed by atoms with E-state index in [1.807, 2.05) is 18.2 Å². The topological polar surface area (TPSA) is 25.8 Å². The second-order valence-electron chi connectivity index (χ2n) is 3.87. The monoisotopic (exact) mass is 212 g/mol. The van der Waals surface area contributed by atoms with E-state index in [0.29, 0.717) is 0 Å². The van der Waals surface area contributed by atoms with Gasteiger partial charge in [0.15, 0.2) is 0 Å². The van der Waals surface area contributed by atoms with Crippen LogP contribution in [-0.4, -0.2) is 10.2 Å². The maximum absolute atomic E-state index is 4.25. The molecule has 0 aliphatic carbocycles. The van der Waals surface area contributed by atoms with E-state index in [9.17, 15) is 0 Å². The first-order chi connectivity index (χ1) is 7.92. The van der Waals surface area contributed by atoms with Crippen LogP contribution in [-0.2, 0) is 6.42 Å². The van der Waals surface area contributed by atoms with Crippen molar-refractivity contribution in [2.45, 2.75) is 26.2 Å². The van der Waals surface area contributed by atoms with Crippen LogP contribution in [0, 0.1) is 0 Å². The van der Waals surface area contributed by atoms with Crippen LogP contribution in [0.5, 0.6) is 0 Å². The summed E-state index contributed by atoms with van der Waals surface area (Å²) >= 11 is 0. The SMILES string of the molecule is CCCCc1ccnnc1-c1ccccc1. The maximum Gasteiger partial charge on any atom is 0.0961 e. The van der Waals surface area contributed by atoms with Crippen molar-refractivity contribution in [1.29, 1.82) is 0 Å². The molecule has 0 spiro atoms. The lowest BCUT2D eigenvalue weighted by Crippen LogP contribution is -1.95. The summed E-state index contributed by atoms with van der Waals surface area (Å²) in [5.74, 6) is 0. The molecule has 2 nitrogen and oxygen atoms in total. The minimum Gasteiger partial charge on any atom is -0.159 e. The Kier molecular flexibility index (Phi) is 3.65. The second kappa shape index (κ2) is 5.40. The van der Waals surface area contributed by atoms with E-state index in [-0.39, 0.29) is 0 Å². The Morgan fingerprint density at radius 3 is 2.62 bits per heavy atom. The van der Waals surface area contributed by atoms with Crippen LogP contribution < -0.4 is 0 Å². The Hall–Kier alpha value is -1.70. The Bertz CT molecular complexity index is 437. The van der Waals surface area contributed by atoms with Crippen LogP contribution in [0.4, 0.5) is 0 Å². The summed E-state index contributed by atoms with van der Waals surface area (Å²) in [6.07, 6.45) is 5.26. The third kappa shape index (κ3) is 2.45. The average Bonchev–Trinajstić information content (AvgIpc) is 2.38. The number of benzene rings is 1. The van der Waals surface area contributed by atoms with Crippen molar-refractivity contribution in [3.05, 3.63) is 48.2 Å². The van der Waals surface area contributed by atoms with Crippen molar-refractivity contribution in [3.63, 3.8) is 0 Å². The highest BCUT2D eigenvalue weighted by Gasteiger charge is 2.05. The molecule has 0 fully saturated rings. The van der Waals surface area contributed by atoms with E-state index < -0.39 is 0 Å². The lowest BCUT2D eigenvalue weighted by Gasteiger charge is -2.06. The molecule has 16 heavy (non-hydrogen) atoms. The molecule has 0 atom stereocenters. The molecule has 2 rings (SSSR count). The Morgan fingerprint density at radius 2 is 1.88 bits per heavy atom. The van der Waals surface area contributed by atoms with Crippen LogP contribution in [0.25, 0.3) is 11.3 Å². The molecule has 2 aromatic rings. The molecule has 2 heteroatoms. The first-order valence-electron chi connectivity index (χ1n) is 5.78. The van der Waals surface area contributed by atoms with Crippen molar-refractivity contribution in [1.82, 2.24) is 10.2 Å². The van der Waals surface area contributed by atoms with E-state index in [2.05, 4.69) is 35.3 Å². The zero-order chi connectivity index (χ0) is 11.2. The van der Waals surface area contributed by atoms with Gasteiger partial charge in [0.2, 0.25) is 0 Å². The molecule has 1 aromatic carbocycles. The first kappa shape index (κ1) is 10.8. The standard InChI is InChI=1S/C14H16N2/c1-2-3-7-13-10-11-15-16-14(13)12-8-5-4-6-9-12/h4-6,8-11H,2-3,7H2,1H3. The van der Waals surface area contributed by atoms with E-state index in [1.54, 1.807) is 6.20 Å². The molecule has 0 bridgehead atoms. The number of aromatic nitrogens is 2. The number of rotatable bonds is 4. The quantitative estimate of drug-likeness (QED) is 0.775. The van der Waals surface area contributed by atoms with Crippen LogP contribution in [0.2, 0.25) is 0 Å². The lowest BCUT2D eigenvalue weighted by molar-refractivity contribution is 0.789. The van der Waals surface area contributed by atoms with Gasteiger partial charge in [-0.25, -0.2) is 0 Å². The normalized spacial score (nSPS) is 10.3. The highest BCUT2D eigenvalue weighted by atomic mass is 15.1. The molecule has 0 saturated carbocycles. The molecule has 0 amide bonds. The molecule has 0 aliphatic rings. The second-order valence-corrected chi connectivity index (χ2v) is 3.87. The molecule has 1 heterocycles. The first-order valence-corrected chi connectivity index (χ1v) is 5.78. The molecule has 1 aromatic heterocycles. The summed E-state index contributed by atoms with van der Waals surface area (Å²) in [7, 11) is 0. The van der Waals surface area contributed by atoms with Gasteiger partial charge in [-0.2, -0.15) is 10.2 Å². The highest BCUT2D eigenvalue weighted by Crippen LogP contribution is 2.21. The number of hydrogen-bond donors (Lipinski definition) is 0. The summed E-state index contributed by atoms with van der Waals surface area (Å²) in [6.45, 7) is 2.21. The van der Waals surface area contributed by atoms with Gasteiger partial charge in [0, 0.05) is 11.8 Å². The molecule has 0 aliphatic heterocycles. The molecular formula is C14H16N2. The Balaban J connectivity index is 2.33. The van der Waals surface area contributed by atoms with Gasteiger partial charge in [-0.05, 0) is 24.5 Å². The lowest BCUT2D eigenvalue weighted by atomic mass is 10.0. The zero-order valence-electron chi connectivity index (χ0n) is 9.56. The molecular weight excluding hydrogens is 196 g/mol. The van der Waals surface area contributed by atoms with Gasteiger partial charge in [0.1, 0.15) is 0 Å². The summed E-state index contributed by atoms with van der Waals surface area (Å²) in [4.78, 5) is 0. The largest absolute Gasteiger partial charge is 0.159 e. The van der Waals surface area contributed by atoms with Crippen LogP contribution >= 0.6 is 0 Å². The van der Waals surface area contributed by atoms with E-state index in [0.717, 1.165) is 17.7 Å². The number of unbranched alkanes of at least 4 members (excludes halogenated alkanes) is 1. The third-order valence-electron chi connectivity index (χ3n) is 2.65. The summed E-state index contributed by atoms with van der Waals surface area (Å²) in [5.41, 5.74) is 3.47. The van der Waals surface area contributed by atoms with Gasteiger partial charge in [0.05, 0.1) is 5.69 Å². The average molecular weight is 212 g/mol.